The first-order valence-corrected chi connectivity index (χ1v) is 4.55. The lowest BCUT2D eigenvalue weighted by atomic mass is 10.0. The van der Waals surface area contributed by atoms with Crippen LogP contribution in [-0.4, -0.2) is 27.8 Å². The van der Waals surface area contributed by atoms with Gasteiger partial charge in [0.2, 0.25) is 0 Å². The van der Waals surface area contributed by atoms with Crippen molar-refractivity contribution in [3.05, 3.63) is 45.5 Å². The minimum absolute atomic E-state index is 0.450. The molecule has 0 heterocycles. The molecule has 5 nitrogen and oxygen atoms in total. The molecular weight excluding hydrogens is 198 g/mol. The topological polar surface area (TPSA) is 83.6 Å². The highest BCUT2D eigenvalue weighted by atomic mass is 16.6. The molecule has 2 N–H and O–H groups in total. The lowest BCUT2D eigenvalue weighted by Gasteiger charge is -2.14. The van der Waals surface area contributed by atoms with Crippen LogP contribution < -0.4 is 0 Å². The van der Waals surface area contributed by atoms with Gasteiger partial charge in [-0.1, -0.05) is 29.8 Å². The third-order valence-corrected chi connectivity index (χ3v) is 2.21. The smallest absolute Gasteiger partial charge is 0.265 e. The first-order valence-electron chi connectivity index (χ1n) is 4.55. The van der Waals surface area contributed by atoms with E-state index in [4.69, 9.17) is 5.11 Å². The zero-order valence-corrected chi connectivity index (χ0v) is 8.33. The standard InChI is InChI=1S/C10H13NO4/c1-7-3-2-4-8(5-7)10(13)9(6-12)11(14)15/h2-5,9-10,12-13H,6H2,1H3. The molecule has 5 heteroatoms. The fourth-order valence-electron chi connectivity index (χ4n) is 1.36. The van der Waals surface area contributed by atoms with Crippen molar-refractivity contribution in [3.8, 4) is 0 Å². The number of nitro groups is 1. The van der Waals surface area contributed by atoms with E-state index in [1.165, 1.54) is 0 Å². The molecule has 0 fully saturated rings. The molecule has 0 radical (unpaired) electrons. The fourth-order valence-corrected chi connectivity index (χ4v) is 1.36. The van der Waals surface area contributed by atoms with E-state index in [0.717, 1.165) is 5.56 Å². The number of hydrogen-bond donors (Lipinski definition) is 2. The van der Waals surface area contributed by atoms with Crippen LogP contribution in [0.1, 0.15) is 17.2 Å². The van der Waals surface area contributed by atoms with Gasteiger partial charge in [-0.25, -0.2) is 0 Å². The Labute approximate surface area is 87.1 Å². The van der Waals surface area contributed by atoms with E-state index in [0.29, 0.717) is 5.56 Å². The second-order valence-electron chi connectivity index (χ2n) is 3.39. The summed E-state index contributed by atoms with van der Waals surface area (Å²) < 4.78 is 0. The van der Waals surface area contributed by atoms with Crippen LogP contribution in [0.4, 0.5) is 0 Å². The minimum atomic E-state index is -1.37. The summed E-state index contributed by atoms with van der Waals surface area (Å²) in [5, 5.41) is 29.0. The van der Waals surface area contributed by atoms with Crippen molar-refractivity contribution in [2.75, 3.05) is 6.61 Å². The Kier molecular flexibility index (Phi) is 3.76. The monoisotopic (exact) mass is 211 g/mol. The Morgan fingerprint density at radius 1 is 1.53 bits per heavy atom. The second-order valence-corrected chi connectivity index (χ2v) is 3.39. The average molecular weight is 211 g/mol. The Morgan fingerprint density at radius 2 is 2.20 bits per heavy atom. The van der Waals surface area contributed by atoms with Gasteiger partial charge in [-0.2, -0.15) is 0 Å². The SMILES string of the molecule is Cc1cccc(C(O)C(CO)[N+](=O)[O-])c1. The number of benzene rings is 1. The van der Waals surface area contributed by atoms with Crippen molar-refractivity contribution in [2.45, 2.75) is 19.1 Å². The van der Waals surface area contributed by atoms with Gasteiger partial charge >= 0.3 is 0 Å². The van der Waals surface area contributed by atoms with Crippen LogP contribution in [0.25, 0.3) is 0 Å². The summed E-state index contributed by atoms with van der Waals surface area (Å²) in [5.41, 5.74) is 1.36. The normalized spacial score (nSPS) is 14.6. The number of hydrogen-bond acceptors (Lipinski definition) is 4. The van der Waals surface area contributed by atoms with Gasteiger partial charge in [0.25, 0.3) is 6.04 Å². The van der Waals surface area contributed by atoms with E-state index < -0.39 is 23.7 Å². The Balaban J connectivity index is 2.92. The second kappa shape index (κ2) is 4.86. The van der Waals surface area contributed by atoms with E-state index in [1.54, 1.807) is 18.2 Å². The Hall–Kier alpha value is -1.46. The van der Waals surface area contributed by atoms with Crippen molar-refractivity contribution >= 4 is 0 Å². The molecule has 0 spiro atoms. The van der Waals surface area contributed by atoms with Gasteiger partial charge in [0.1, 0.15) is 12.7 Å². The van der Waals surface area contributed by atoms with Crippen LogP contribution >= 0.6 is 0 Å². The maximum absolute atomic E-state index is 10.5. The van der Waals surface area contributed by atoms with Crippen LogP contribution in [-0.2, 0) is 0 Å². The van der Waals surface area contributed by atoms with E-state index in [1.807, 2.05) is 13.0 Å². The van der Waals surface area contributed by atoms with Crippen molar-refractivity contribution < 1.29 is 15.1 Å². The summed E-state index contributed by atoms with van der Waals surface area (Å²) in [6.45, 7) is 1.15. The molecule has 1 aromatic rings. The minimum Gasteiger partial charge on any atom is -0.389 e. The first-order chi connectivity index (χ1) is 7.06. The zero-order chi connectivity index (χ0) is 11.4. The number of nitrogens with zero attached hydrogens (tertiary/aromatic N) is 1. The molecule has 0 aliphatic carbocycles. The Bertz CT molecular complexity index is 353. The van der Waals surface area contributed by atoms with Crippen molar-refractivity contribution in [2.24, 2.45) is 0 Å². The molecule has 0 saturated carbocycles. The van der Waals surface area contributed by atoms with Gasteiger partial charge < -0.3 is 10.2 Å². The number of aryl methyl sites for hydroxylation is 1. The highest BCUT2D eigenvalue weighted by Crippen LogP contribution is 2.19. The van der Waals surface area contributed by atoms with Crippen molar-refractivity contribution in [1.82, 2.24) is 0 Å². The molecule has 0 bridgehead atoms. The predicted molar refractivity (Wildman–Crippen MR) is 54.0 cm³/mol. The maximum Gasteiger partial charge on any atom is 0.265 e. The predicted octanol–water partition coefficient (Wildman–Crippen LogP) is 0.666. The number of aliphatic hydroxyl groups excluding tert-OH is 2. The van der Waals surface area contributed by atoms with Crippen molar-refractivity contribution in [3.63, 3.8) is 0 Å². The van der Waals surface area contributed by atoms with Crippen LogP contribution in [0.2, 0.25) is 0 Å². The van der Waals surface area contributed by atoms with Crippen LogP contribution in [0.3, 0.4) is 0 Å². The average Bonchev–Trinajstić information content (AvgIpc) is 2.18. The van der Waals surface area contributed by atoms with E-state index in [-0.39, 0.29) is 0 Å². The van der Waals surface area contributed by atoms with E-state index in [9.17, 15) is 15.2 Å². The van der Waals surface area contributed by atoms with Gasteiger partial charge in [-0.15, -0.1) is 0 Å². The Morgan fingerprint density at radius 3 is 2.67 bits per heavy atom. The summed E-state index contributed by atoms with van der Waals surface area (Å²) >= 11 is 0. The lowest BCUT2D eigenvalue weighted by molar-refractivity contribution is -0.539. The molecule has 0 saturated heterocycles. The maximum atomic E-state index is 10.5. The van der Waals surface area contributed by atoms with E-state index >= 15 is 0 Å². The lowest BCUT2D eigenvalue weighted by Crippen LogP contribution is -2.31. The van der Waals surface area contributed by atoms with Gasteiger partial charge in [0.05, 0.1) is 0 Å². The van der Waals surface area contributed by atoms with E-state index in [2.05, 4.69) is 0 Å². The summed E-state index contributed by atoms with van der Waals surface area (Å²) in [7, 11) is 0. The molecular formula is C10H13NO4. The largest absolute Gasteiger partial charge is 0.389 e. The summed E-state index contributed by atoms with van der Waals surface area (Å²) in [6.07, 6.45) is -1.27. The summed E-state index contributed by atoms with van der Waals surface area (Å²) in [5.74, 6) is 0. The van der Waals surface area contributed by atoms with Crippen molar-refractivity contribution in [1.29, 1.82) is 0 Å². The quantitative estimate of drug-likeness (QED) is 0.566. The molecule has 0 aliphatic rings. The van der Waals surface area contributed by atoms with Gasteiger partial charge in [-0.05, 0) is 12.5 Å². The molecule has 15 heavy (non-hydrogen) atoms. The third kappa shape index (κ3) is 2.74. The molecule has 0 aliphatic heterocycles. The third-order valence-electron chi connectivity index (χ3n) is 2.21. The van der Waals surface area contributed by atoms with Gasteiger partial charge in [0.15, 0.2) is 0 Å². The zero-order valence-electron chi connectivity index (χ0n) is 8.33. The fraction of sp³-hybridized carbons (Fsp3) is 0.400. The molecule has 2 unspecified atom stereocenters. The number of rotatable bonds is 4. The summed E-state index contributed by atoms with van der Waals surface area (Å²) in [6, 6.07) is 5.44. The highest BCUT2D eigenvalue weighted by Gasteiger charge is 2.30. The van der Waals surface area contributed by atoms with Crippen LogP contribution in [0.5, 0.6) is 0 Å². The van der Waals surface area contributed by atoms with Gasteiger partial charge in [-0.3, -0.25) is 10.1 Å². The molecule has 0 amide bonds. The van der Waals surface area contributed by atoms with Crippen LogP contribution in [0, 0.1) is 17.0 Å². The molecule has 2 atom stereocenters. The number of aliphatic hydroxyl groups is 2. The van der Waals surface area contributed by atoms with Gasteiger partial charge in [0, 0.05) is 4.92 Å². The molecule has 0 aromatic heterocycles. The molecule has 82 valence electrons. The van der Waals surface area contributed by atoms with Crippen LogP contribution in [0.15, 0.2) is 24.3 Å². The summed E-state index contributed by atoms with van der Waals surface area (Å²) in [4.78, 5) is 9.84. The highest BCUT2D eigenvalue weighted by molar-refractivity contribution is 5.24. The first kappa shape index (κ1) is 11.6. The molecule has 1 aromatic carbocycles. The molecule has 1 rings (SSSR count).